The minimum Gasteiger partial charge on any atom is -0.342 e. The highest BCUT2D eigenvalue weighted by Gasteiger charge is 2.51. The number of nitrogens with zero attached hydrogens (tertiary/aromatic N) is 2. The number of pyridine rings is 1. The highest BCUT2D eigenvalue weighted by atomic mass is 16.2. The van der Waals surface area contributed by atoms with Crippen LogP contribution >= 0.6 is 0 Å². The highest BCUT2D eigenvalue weighted by molar-refractivity contribution is 6.04. The van der Waals surface area contributed by atoms with Gasteiger partial charge in [-0.05, 0) is 51.7 Å². The topological polar surface area (TPSA) is 62.3 Å². The summed E-state index contributed by atoms with van der Waals surface area (Å²) >= 11 is 0. The van der Waals surface area contributed by atoms with Crippen molar-refractivity contribution in [3.8, 4) is 0 Å². The van der Waals surface area contributed by atoms with Crippen LogP contribution in [0, 0.1) is 19.8 Å². The first-order valence-corrected chi connectivity index (χ1v) is 7.49. The van der Waals surface area contributed by atoms with Gasteiger partial charge < -0.3 is 10.2 Å². The third-order valence-electron chi connectivity index (χ3n) is 4.53. The van der Waals surface area contributed by atoms with E-state index < -0.39 is 5.54 Å². The molecule has 1 aromatic heterocycles. The standard InChI is InChI=1S/C16H21N3O2/c1-10-4-7-13(11(2)17-10)19-9-8-14(20)18-16(3,15(19)21)12-5-6-12/h4,7,12H,5-6,8-9H2,1-3H3,(H,18,20). The molecule has 5 heteroatoms. The molecule has 1 unspecified atom stereocenters. The molecule has 1 N–H and O–H groups in total. The number of hydrogen-bond donors (Lipinski definition) is 1. The normalized spacial score (nSPS) is 26.5. The van der Waals surface area contributed by atoms with Crippen LogP contribution in [0.5, 0.6) is 0 Å². The lowest BCUT2D eigenvalue weighted by molar-refractivity contribution is -0.130. The second-order valence-electron chi connectivity index (χ2n) is 6.29. The van der Waals surface area contributed by atoms with Gasteiger partial charge in [0.25, 0.3) is 5.91 Å². The Kier molecular flexibility index (Phi) is 3.23. The Morgan fingerprint density at radius 1 is 1.29 bits per heavy atom. The van der Waals surface area contributed by atoms with Crippen molar-refractivity contribution in [2.45, 2.75) is 45.6 Å². The minimum atomic E-state index is -0.773. The number of carbonyl (C=O) groups excluding carboxylic acids is 2. The SMILES string of the molecule is Cc1ccc(N2CCC(=O)NC(C)(C3CC3)C2=O)c(C)n1. The van der Waals surface area contributed by atoms with Crippen LogP contribution in [0.3, 0.4) is 0 Å². The molecule has 5 nitrogen and oxygen atoms in total. The number of hydrogen-bond acceptors (Lipinski definition) is 3. The smallest absolute Gasteiger partial charge is 0.252 e. The van der Waals surface area contributed by atoms with Crippen molar-refractivity contribution in [3.05, 3.63) is 23.5 Å². The van der Waals surface area contributed by atoms with Crippen LogP contribution in [0.4, 0.5) is 5.69 Å². The number of carbonyl (C=O) groups is 2. The number of amides is 2. The summed E-state index contributed by atoms with van der Waals surface area (Å²) in [5.41, 5.74) is 1.80. The largest absolute Gasteiger partial charge is 0.342 e. The van der Waals surface area contributed by atoms with Gasteiger partial charge in [0.2, 0.25) is 5.91 Å². The lowest BCUT2D eigenvalue weighted by Gasteiger charge is -2.32. The summed E-state index contributed by atoms with van der Waals surface area (Å²) in [6.45, 7) is 6.11. The number of anilines is 1. The van der Waals surface area contributed by atoms with Crippen molar-refractivity contribution >= 4 is 17.5 Å². The third kappa shape index (κ3) is 2.41. The first-order chi connectivity index (χ1) is 9.91. The van der Waals surface area contributed by atoms with Crippen LogP contribution in [0.1, 0.15) is 37.6 Å². The first kappa shape index (κ1) is 14.0. The number of rotatable bonds is 2. The molecule has 0 bridgehead atoms. The lowest BCUT2D eigenvalue weighted by atomic mass is 9.94. The zero-order valence-electron chi connectivity index (χ0n) is 12.8. The van der Waals surface area contributed by atoms with E-state index in [2.05, 4.69) is 10.3 Å². The van der Waals surface area contributed by atoms with Gasteiger partial charge in [-0.2, -0.15) is 0 Å². The summed E-state index contributed by atoms with van der Waals surface area (Å²) in [5, 5.41) is 2.95. The van der Waals surface area contributed by atoms with Gasteiger partial charge in [0, 0.05) is 18.7 Å². The first-order valence-electron chi connectivity index (χ1n) is 7.49. The summed E-state index contributed by atoms with van der Waals surface area (Å²) in [4.78, 5) is 31.2. The van der Waals surface area contributed by atoms with Crippen LogP contribution in [-0.4, -0.2) is 28.9 Å². The van der Waals surface area contributed by atoms with E-state index in [1.165, 1.54) is 0 Å². The van der Waals surface area contributed by atoms with Gasteiger partial charge in [-0.15, -0.1) is 0 Å². The zero-order valence-corrected chi connectivity index (χ0v) is 12.8. The van der Waals surface area contributed by atoms with Crippen molar-refractivity contribution in [1.29, 1.82) is 0 Å². The molecule has 1 atom stereocenters. The Morgan fingerprint density at radius 3 is 2.62 bits per heavy atom. The summed E-state index contributed by atoms with van der Waals surface area (Å²) in [5.74, 6) is 0.204. The Bertz CT molecular complexity index is 610. The average Bonchev–Trinajstić information content (AvgIpc) is 3.24. The second kappa shape index (κ2) is 4.83. The van der Waals surface area contributed by atoms with E-state index in [-0.39, 0.29) is 17.7 Å². The molecule has 3 rings (SSSR count). The van der Waals surface area contributed by atoms with Gasteiger partial charge in [-0.25, -0.2) is 0 Å². The molecule has 2 fully saturated rings. The van der Waals surface area contributed by atoms with Crippen LogP contribution in [0.15, 0.2) is 12.1 Å². The molecule has 1 aromatic rings. The van der Waals surface area contributed by atoms with E-state index in [0.717, 1.165) is 29.9 Å². The molecule has 1 saturated carbocycles. The van der Waals surface area contributed by atoms with Crippen molar-refractivity contribution in [2.24, 2.45) is 5.92 Å². The van der Waals surface area contributed by atoms with Gasteiger partial charge in [-0.1, -0.05) is 0 Å². The Morgan fingerprint density at radius 2 is 2.00 bits per heavy atom. The molecule has 0 spiro atoms. The van der Waals surface area contributed by atoms with E-state index in [1.807, 2.05) is 32.9 Å². The van der Waals surface area contributed by atoms with E-state index in [4.69, 9.17) is 0 Å². The monoisotopic (exact) mass is 287 g/mol. The molecular weight excluding hydrogens is 266 g/mol. The molecule has 21 heavy (non-hydrogen) atoms. The van der Waals surface area contributed by atoms with Gasteiger partial charge >= 0.3 is 0 Å². The summed E-state index contributed by atoms with van der Waals surface area (Å²) in [6.07, 6.45) is 2.34. The fourth-order valence-corrected chi connectivity index (χ4v) is 3.13. The predicted octanol–water partition coefficient (Wildman–Crippen LogP) is 1.72. The average molecular weight is 287 g/mol. The molecule has 2 amide bonds. The maximum atomic E-state index is 13.0. The Labute approximate surface area is 124 Å². The fourth-order valence-electron chi connectivity index (χ4n) is 3.13. The number of aryl methyl sites for hydroxylation is 2. The molecule has 1 aliphatic heterocycles. The van der Waals surface area contributed by atoms with E-state index in [0.29, 0.717) is 13.0 Å². The molecular formula is C16H21N3O2. The van der Waals surface area contributed by atoms with Crippen LogP contribution < -0.4 is 10.2 Å². The van der Waals surface area contributed by atoms with Gasteiger partial charge in [0.1, 0.15) is 5.54 Å². The van der Waals surface area contributed by atoms with Gasteiger partial charge in [-0.3, -0.25) is 14.6 Å². The molecule has 2 heterocycles. The Hall–Kier alpha value is -1.91. The summed E-state index contributed by atoms with van der Waals surface area (Å²) < 4.78 is 0. The van der Waals surface area contributed by atoms with E-state index in [1.54, 1.807) is 4.90 Å². The molecule has 112 valence electrons. The molecule has 1 aliphatic carbocycles. The quantitative estimate of drug-likeness (QED) is 0.901. The van der Waals surface area contributed by atoms with Crippen molar-refractivity contribution in [1.82, 2.24) is 10.3 Å². The van der Waals surface area contributed by atoms with E-state index in [9.17, 15) is 9.59 Å². The molecule has 1 saturated heterocycles. The maximum absolute atomic E-state index is 13.0. The molecule has 2 aliphatic rings. The van der Waals surface area contributed by atoms with Crippen LogP contribution in [-0.2, 0) is 9.59 Å². The summed E-state index contributed by atoms with van der Waals surface area (Å²) in [7, 11) is 0. The van der Waals surface area contributed by atoms with Gasteiger partial charge in [0.15, 0.2) is 0 Å². The lowest BCUT2D eigenvalue weighted by Crippen LogP contribution is -2.57. The second-order valence-corrected chi connectivity index (χ2v) is 6.29. The third-order valence-corrected chi connectivity index (χ3v) is 4.53. The number of aromatic nitrogens is 1. The zero-order chi connectivity index (χ0) is 15.2. The minimum absolute atomic E-state index is 0.00963. The highest BCUT2D eigenvalue weighted by Crippen LogP contribution is 2.42. The van der Waals surface area contributed by atoms with E-state index >= 15 is 0 Å². The van der Waals surface area contributed by atoms with Crippen LogP contribution in [0.25, 0.3) is 0 Å². The van der Waals surface area contributed by atoms with Crippen LogP contribution in [0.2, 0.25) is 0 Å². The molecule has 0 radical (unpaired) electrons. The summed E-state index contributed by atoms with van der Waals surface area (Å²) in [6, 6.07) is 3.84. The molecule has 0 aromatic carbocycles. The maximum Gasteiger partial charge on any atom is 0.252 e. The van der Waals surface area contributed by atoms with Crippen molar-refractivity contribution < 1.29 is 9.59 Å². The van der Waals surface area contributed by atoms with Gasteiger partial charge in [0.05, 0.1) is 11.4 Å². The Balaban J connectivity index is 2.00. The van der Waals surface area contributed by atoms with Crippen molar-refractivity contribution in [3.63, 3.8) is 0 Å². The fraction of sp³-hybridized carbons (Fsp3) is 0.562. The predicted molar refractivity (Wildman–Crippen MR) is 80.0 cm³/mol. The van der Waals surface area contributed by atoms with Crippen molar-refractivity contribution in [2.75, 3.05) is 11.4 Å². The number of nitrogens with one attached hydrogen (secondary N) is 1.